The number of nitrogen functional groups attached to an aromatic ring is 1. The fourth-order valence-electron chi connectivity index (χ4n) is 1.13. The maximum atomic E-state index is 13.2. The Morgan fingerprint density at radius 1 is 1.57 bits per heavy atom. The second-order valence-electron chi connectivity index (χ2n) is 2.66. The molecule has 0 aliphatic carbocycles. The number of rotatable bonds is 1. The van der Waals surface area contributed by atoms with Crippen molar-refractivity contribution < 1.29 is 14.3 Å². The van der Waals surface area contributed by atoms with Crippen LogP contribution >= 0.6 is 11.3 Å². The van der Waals surface area contributed by atoms with Crippen molar-refractivity contribution in [3.63, 3.8) is 0 Å². The fraction of sp³-hybridized carbons (Fsp3) is 0. The van der Waals surface area contributed by atoms with Gasteiger partial charge < -0.3 is 10.8 Å². The average Bonchev–Trinajstić information content (AvgIpc) is 2.45. The van der Waals surface area contributed by atoms with Crippen LogP contribution in [0.1, 0.15) is 10.4 Å². The van der Waals surface area contributed by atoms with Crippen LogP contribution in [0.4, 0.5) is 9.52 Å². The molecule has 2 rings (SSSR count). The van der Waals surface area contributed by atoms with Crippen LogP contribution in [0.15, 0.2) is 12.1 Å². The molecule has 72 valence electrons. The summed E-state index contributed by atoms with van der Waals surface area (Å²) in [6, 6.07) is 2.29. The molecule has 0 fully saturated rings. The molecule has 14 heavy (non-hydrogen) atoms. The third-order valence-corrected chi connectivity index (χ3v) is 2.54. The summed E-state index contributed by atoms with van der Waals surface area (Å²) in [5.74, 6) is -1.83. The first-order valence-electron chi connectivity index (χ1n) is 3.67. The predicted molar refractivity (Wildman–Crippen MR) is 50.9 cm³/mol. The van der Waals surface area contributed by atoms with Crippen molar-refractivity contribution in [1.29, 1.82) is 0 Å². The standard InChI is InChI=1S/C8H5FN2O2S/c9-4-1-3(7(12)13)2-5-6(4)11-8(10)14-5/h1-2H,(H2,10,11)(H,12,13). The van der Waals surface area contributed by atoms with Gasteiger partial charge in [-0.1, -0.05) is 11.3 Å². The highest BCUT2D eigenvalue weighted by Gasteiger charge is 2.12. The molecule has 1 aromatic heterocycles. The second-order valence-corrected chi connectivity index (χ2v) is 3.72. The Labute approximate surface area is 81.8 Å². The molecule has 0 amide bonds. The number of aromatic carboxylic acids is 1. The lowest BCUT2D eigenvalue weighted by molar-refractivity contribution is 0.0696. The molecule has 6 heteroatoms. The summed E-state index contributed by atoms with van der Waals surface area (Å²) in [4.78, 5) is 14.3. The number of hydrogen-bond acceptors (Lipinski definition) is 4. The van der Waals surface area contributed by atoms with E-state index in [1.807, 2.05) is 0 Å². The number of thiazole rings is 1. The van der Waals surface area contributed by atoms with E-state index in [0.29, 0.717) is 4.70 Å². The van der Waals surface area contributed by atoms with Crippen LogP contribution in [0.25, 0.3) is 10.2 Å². The molecule has 0 aliphatic rings. The van der Waals surface area contributed by atoms with E-state index in [9.17, 15) is 9.18 Å². The lowest BCUT2D eigenvalue weighted by Gasteiger charge is -1.94. The Hall–Kier alpha value is -1.69. The number of anilines is 1. The average molecular weight is 212 g/mol. The molecule has 0 bridgehead atoms. The minimum absolute atomic E-state index is 0.0985. The third kappa shape index (κ3) is 1.29. The lowest BCUT2D eigenvalue weighted by Crippen LogP contribution is -1.96. The third-order valence-electron chi connectivity index (χ3n) is 1.71. The minimum atomic E-state index is -1.17. The van der Waals surface area contributed by atoms with Crippen LogP contribution in [-0.4, -0.2) is 16.1 Å². The molecule has 0 saturated heterocycles. The Kier molecular flexibility index (Phi) is 1.85. The Morgan fingerprint density at radius 3 is 2.93 bits per heavy atom. The van der Waals surface area contributed by atoms with E-state index in [4.69, 9.17) is 10.8 Å². The van der Waals surface area contributed by atoms with E-state index in [2.05, 4.69) is 4.98 Å². The van der Waals surface area contributed by atoms with Gasteiger partial charge in [0.05, 0.1) is 10.3 Å². The van der Waals surface area contributed by atoms with Crippen LogP contribution in [0.5, 0.6) is 0 Å². The van der Waals surface area contributed by atoms with E-state index in [-0.39, 0.29) is 16.2 Å². The van der Waals surface area contributed by atoms with Crippen molar-refractivity contribution in [2.75, 3.05) is 5.73 Å². The Bertz CT molecular complexity index is 523. The number of halogens is 1. The van der Waals surface area contributed by atoms with E-state index < -0.39 is 11.8 Å². The molecule has 1 heterocycles. The van der Waals surface area contributed by atoms with Gasteiger partial charge in [-0.3, -0.25) is 0 Å². The maximum absolute atomic E-state index is 13.2. The van der Waals surface area contributed by atoms with Crippen LogP contribution in [0.2, 0.25) is 0 Å². The first-order valence-corrected chi connectivity index (χ1v) is 4.48. The van der Waals surface area contributed by atoms with Crippen LogP contribution < -0.4 is 5.73 Å². The van der Waals surface area contributed by atoms with Gasteiger partial charge >= 0.3 is 5.97 Å². The van der Waals surface area contributed by atoms with Gasteiger partial charge in [0.1, 0.15) is 5.52 Å². The van der Waals surface area contributed by atoms with E-state index in [0.717, 1.165) is 17.4 Å². The molecule has 0 aliphatic heterocycles. The van der Waals surface area contributed by atoms with E-state index in [1.165, 1.54) is 6.07 Å². The van der Waals surface area contributed by atoms with Crippen molar-refractivity contribution in [3.8, 4) is 0 Å². The summed E-state index contributed by atoms with van der Waals surface area (Å²) in [6.45, 7) is 0. The number of nitrogens with zero attached hydrogens (tertiary/aromatic N) is 1. The van der Waals surface area contributed by atoms with E-state index in [1.54, 1.807) is 0 Å². The fourth-order valence-corrected chi connectivity index (χ4v) is 1.92. The molecular formula is C8H5FN2O2S. The summed E-state index contributed by atoms with van der Waals surface area (Å²) in [6.07, 6.45) is 0. The molecule has 0 atom stereocenters. The highest BCUT2D eigenvalue weighted by Crippen LogP contribution is 2.27. The number of carboxylic acids is 1. The summed E-state index contributed by atoms with van der Waals surface area (Å²) in [7, 11) is 0. The second kappa shape index (κ2) is 2.91. The molecule has 0 spiro atoms. The van der Waals surface area contributed by atoms with Crippen molar-refractivity contribution >= 4 is 32.7 Å². The van der Waals surface area contributed by atoms with Crippen molar-refractivity contribution in [3.05, 3.63) is 23.5 Å². The number of carboxylic acid groups (broad SMARTS) is 1. The molecule has 4 nitrogen and oxygen atoms in total. The van der Waals surface area contributed by atoms with Crippen molar-refractivity contribution in [2.45, 2.75) is 0 Å². The number of benzene rings is 1. The van der Waals surface area contributed by atoms with Crippen molar-refractivity contribution in [2.24, 2.45) is 0 Å². The quantitative estimate of drug-likeness (QED) is 0.754. The number of carbonyl (C=O) groups is 1. The number of aromatic nitrogens is 1. The Balaban J connectivity index is 2.77. The highest BCUT2D eigenvalue weighted by molar-refractivity contribution is 7.22. The highest BCUT2D eigenvalue weighted by atomic mass is 32.1. The smallest absolute Gasteiger partial charge is 0.335 e. The van der Waals surface area contributed by atoms with Gasteiger partial charge in [-0.2, -0.15) is 0 Å². The molecule has 0 saturated carbocycles. The zero-order valence-corrected chi connectivity index (χ0v) is 7.64. The van der Waals surface area contributed by atoms with Gasteiger partial charge in [0, 0.05) is 0 Å². The van der Waals surface area contributed by atoms with Gasteiger partial charge in [-0.25, -0.2) is 14.2 Å². The number of fused-ring (bicyclic) bond motifs is 1. The number of hydrogen-bond donors (Lipinski definition) is 2. The first kappa shape index (κ1) is 8.89. The lowest BCUT2D eigenvalue weighted by atomic mass is 10.2. The molecule has 1 aromatic carbocycles. The topological polar surface area (TPSA) is 76.2 Å². The van der Waals surface area contributed by atoms with Gasteiger partial charge in [-0.15, -0.1) is 0 Å². The molecular weight excluding hydrogens is 207 g/mol. The van der Waals surface area contributed by atoms with E-state index >= 15 is 0 Å². The summed E-state index contributed by atoms with van der Waals surface area (Å²) in [5.41, 5.74) is 5.40. The molecule has 3 N–H and O–H groups in total. The molecule has 0 unspecified atom stereocenters. The Morgan fingerprint density at radius 2 is 2.29 bits per heavy atom. The summed E-state index contributed by atoms with van der Waals surface area (Å²) in [5, 5.41) is 8.89. The van der Waals surface area contributed by atoms with Gasteiger partial charge in [0.15, 0.2) is 10.9 Å². The molecule has 2 aromatic rings. The summed E-state index contributed by atoms with van der Waals surface area (Å²) >= 11 is 1.06. The normalized spacial score (nSPS) is 10.6. The van der Waals surface area contributed by atoms with Gasteiger partial charge in [0.2, 0.25) is 0 Å². The zero-order valence-electron chi connectivity index (χ0n) is 6.82. The summed E-state index contributed by atoms with van der Waals surface area (Å²) < 4.78 is 13.7. The van der Waals surface area contributed by atoms with Gasteiger partial charge in [-0.05, 0) is 12.1 Å². The molecule has 0 radical (unpaired) electrons. The van der Waals surface area contributed by atoms with Crippen molar-refractivity contribution in [1.82, 2.24) is 4.98 Å². The zero-order chi connectivity index (χ0) is 10.3. The monoisotopic (exact) mass is 212 g/mol. The first-order chi connectivity index (χ1) is 6.58. The van der Waals surface area contributed by atoms with Crippen LogP contribution in [-0.2, 0) is 0 Å². The van der Waals surface area contributed by atoms with Crippen LogP contribution in [0.3, 0.4) is 0 Å². The minimum Gasteiger partial charge on any atom is -0.478 e. The SMILES string of the molecule is Nc1nc2c(F)cc(C(=O)O)cc2s1. The largest absolute Gasteiger partial charge is 0.478 e. The predicted octanol–water partition coefficient (Wildman–Crippen LogP) is 1.72. The van der Waals surface area contributed by atoms with Gasteiger partial charge in [0.25, 0.3) is 0 Å². The maximum Gasteiger partial charge on any atom is 0.335 e. The van der Waals surface area contributed by atoms with Crippen LogP contribution in [0, 0.1) is 5.82 Å². The number of nitrogens with two attached hydrogens (primary N) is 1.